The van der Waals surface area contributed by atoms with Crippen molar-refractivity contribution in [2.24, 2.45) is 5.92 Å². The summed E-state index contributed by atoms with van der Waals surface area (Å²) in [6.45, 7) is 4.50. The maximum Gasteiger partial charge on any atom is 0.0916 e. The monoisotopic (exact) mass is 268 g/mol. The Bertz CT molecular complexity index is 247. The minimum Gasteiger partial charge on any atom is -0.387 e. The Morgan fingerprint density at radius 3 is 2.47 bits per heavy atom. The van der Waals surface area contributed by atoms with Gasteiger partial charge in [-0.05, 0) is 58.2 Å². The van der Waals surface area contributed by atoms with Crippen molar-refractivity contribution in [3.8, 4) is 0 Å². The van der Waals surface area contributed by atoms with E-state index in [2.05, 4.69) is 18.9 Å². The standard InChI is InChI=1S/C16H32N2O/c1-3-4-5-6-7-8-15(17)16(19)13-14-9-11-18(2)12-10-14/h14,16-17,19H,3-13H2,1-2H3. The molecule has 0 aromatic carbocycles. The summed E-state index contributed by atoms with van der Waals surface area (Å²) in [5, 5.41) is 18.1. The van der Waals surface area contributed by atoms with Crippen molar-refractivity contribution in [1.29, 1.82) is 5.41 Å². The van der Waals surface area contributed by atoms with E-state index in [1.807, 2.05) is 0 Å². The van der Waals surface area contributed by atoms with Crippen molar-refractivity contribution in [1.82, 2.24) is 4.90 Å². The highest BCUT2D eigenvalue weighted by Gasteiger charge is 2.21. The Morgan fingerprint density at radius 1 is 1.21 bits per heavy atom. The molecule has 3 heteroatoms. The molecule has 0 amide bonds. The predicted octanol–water partition coefficient (Wildman–Crippen LogP) is 3.46. The number of hydrogen-bond donors (Lipinski definition) is 2. The van der Waals surface area contributed by atoms with Gasteiger partial charge in [-0.1, -0.05) is 32.6 Å². The maximum absolute atomic E-state index is 10.1. The van der Waals surface area contributed by atoms with Gasteiger partial charge in [-0.15, -0.1) is 0 Å². The second kappa shape index (κ2) is 9.49. The lowest BCUT2D eigenvalue weighted by Crippen LogP contribution is -2.33. The number of nitrogens with one attached hydrogen (secondary N) is 1. The molecule has 1 aliphatic heterocycles. The number of aliphatic hydroxyl groups is 1. The number of aliphatic hydroxyl groups excluding tert-OH is 1. The zero-order chi connectivity index (χ0) is 14.1. The summed E-state index contributed by atoms with van der Waals surface area (Å²) >= 11 is 0. The van der Waals surface area contributed by atoms with Crippen LogP contribution >= 0.6 is 0 Å². The molecule has 0 aromatic rings. The van der Waals surface area contributed by atoms with E-state index in [9.17, 15) is 5.11 Å². The van der Waals surface area contributed by atoms with Gasteiger partial charge >= 0.3 is 0 Å². The largest absolute Gasteiger partial charge is 0.387 e. The SMILES string of the molecule is CCCCCCCC(=N)C(O)CC1CCN(C)CC1. The molecule has 1 rings (SSSR count). The first-order chi connectivity index (χ1) is 9.13. The van der Waals surface area contributed by atoms with E-state index in [0.717, 1.165) is 32.4 Å². The van der Waals surface area contributed by atoms with E-state index in [0.29, 0.717) is 11.6 Å². The van der Waals surface area contributed by atoms with Gasteiger partial charge in [0.05, 0.1) is 6.10 Å². The van der Waals surface area contributed by atoms with E-state index < -0.39 is 6.10 Å². The number of rotatable bonds is 9. The van der Waals surface area contributed by atoms with Crippen LogP contribution in [-0.2, 0) is 0 Å². The molecule has 0 aromatic heterocycles. The van der Waals surface area contributed by atoms with Gasteiger partial charge in [0.25, 0.3) is 0 Å². The van der Waals surface area contributed by atoms with Crippen LogP contribution in [0.25, 0.3) is 0 Å². The summed E-state index contributed by atoms with van der Waals surface area (Å²) in [6, 6.07) is 0. The lowest BCUT2D eigenvalue weighted by atomic mass is 9.89. The maximum atomic E-state index is 10.1. The molecule has 1 atom stereocenters. The molecule has 0 saturated carbocycles. The van der Waals surface area contributed by atoms with Gasteiger partial charge in [0, 0.05) is 5.71 Å². The fraction of sp³-hybridized carbons (Fsp3) is 0.938. The molecule has 1 fully saturated rings. The average Bonchev–Trinajstić information content (AvgIpc) is 2.41. The molecule has 0 aliphatic carbocycles. The summed E-state index contributed by atoms with van der Waals surface area (Å²) in [7, 11) is 2.16. The lowest BCUT2D eigenvalue weighted by molar-refractivity contribution is 0.153. The highest BCUT2D eigenvalue weighted by Crippen LogP contribution is 2.22. The first-order valence-electron chi connectivity index (χ1n) is 8.07. The summed E-state index contributed by atoms with van der Waals surface area (Å²) in [6.07, 6.45) is 9.57. The molecule has 1 aliphatic rings. The van der Waals surface area contributed by atoms with Crippen LogP contribution in [0, 0.1) is 11.3 Å². The van der Waals surface area contributed by atoms with Crippen molar-refractivity contribution in [3.05, 3.63) is 0 Å². The van der Waals surface area contributed by atoms with Crippen LogP contribution in [0.5, 0.6) is 0 Å². The van der Waals surface area contributed by atoms with Gasteiger partial charge in [-0.25, -0.2) is 0 Å². The van der Waals surface area contributed by atoms with Crippen molar-refractivity contribution in [2.45, 2.75) is 70.8 Å². The van der Waals surface area contributed by atoms with Crippen LogP contribution in [0.2, 0.25) is 0 Å². The van der Waals surface area contributed by atoms with Crippen molar-refractivity contribution in [2.75, 3.05) is 20.1 Å². The summed E-state index contributed by atoms with van der Waals surface area (Å²) in [5.41, 5.74) is 0.565. The molecule has 0 radical (unpaired) electrons. The number of piperidine rings is 1. The second-order valence-corrected chi connectivity index (χ2v) is 6.19. The molecule has 1 unspecified atom stereocenters. The summed E-state index contributed by atoms with van der Waals surface area (Å²) < 4.78 is 0. The van der Waals surface area contributed by atoms with E-state index in [4.69, 9.17) is 5.41 Å². The van der Waals surface area contributed by atoms with Gasteiger partial charge in [0.15, 0.2) is 0 Å². The van der Waals surface area contributed by atoms with Gasteiger partial charge in [0.1, 0.15) is 0 Å². The zero-order valence-corrected chi connectivity index (χ0v) is 12.8. The predicted molar refractivity (Wildman–Crippen MR) is 81.9 cm³/mol. The Morgan fingerprint density at radius 2 is 1.84 bits per heavy atom. The smallest absolute Gasteiger partial charge is 0.0916 e. The molecule has 3 nitrogen and oxygen atoms in total. The highest BCUT2D eigenvalue weighted by atomic mass is 16.3. The third-order valence-electron chi connectivity index (χ3n) is 4.35. The van der Waals surface area contributed by atoms with Crippen LogP contribution < -0.4 is 0 Å². The van der Waals surface area contributed by atoms with E-state index in [1.54, 1.807) is 0 Å². The normalized spacial score (nSPS) is 19.5. The van der Waals surface area contributed by atoms with Gasteiger partial charge in [-0.2, -0.15) is 0 Å². The molecule has 112 valence electrons. The van der Waals surface area contributed by atoms with Crippen LogP contribution in [0.4, 0.5) is 0 Å². The van der Waals surface area contributed by atoms with E-state index in [-0.39, 0.29) is 0 Å². The minimum atomic E-state index is -0.486. The Balaban J connectivity index is 2.10. The van der Waals surface area contributed by atoms with E-state index >= 15 is 0 Å². The number of nitrogens with zero attached hydrogens (tertiary/aromatic N) is 1. The molecule has 0 spiro atoms. The summed E-state index contributed by atoms with van der Waals surface area (Å²) in [5.74, 6) is 0.617. The Labute approximate surface area is 118 Å². The fourth-order valence-electron chi connectivity index (χ4n) is 2.84. The van der Waals surface area contributed by atoms with Crippen LogP contribution in [-0.4, -0.2) is 42.0 Å². The highest BCUT2D eigenvalue weighted by molar-refractivity contribution is 5.85. The number of unbranched alkanes of at least 4 members (excludes halogenated alkanes) is 4. The van der Waals surface area contributed by atoms with Crippen molar-refractivity contribution < 1.29 is 5.11 Å². The van der Waals surface area contributed by atoms with Gasteiger partial charge in [0.2, 0.25) is 0 Å². The molecule has 19 heavy (non-hydrogen) atoms. The first-order valence-corrected chi connectivity index (χ1v) is 8.07. The Kier molecular flexibility index (Phi) is 8.31. The van der Waals surface area contributed by atoms with Crippen LogP contribution in [0.15, 0.2) is 0 Å². The molecular formula is C16H32N2O. The number of hydrogen-bond acceptors (Lipinski definition) is 3. The molecule has 0 bridgehead atoms. The molecule has 1 heterocycles. The molecular weight excluding hydrogens is 236 g/mol. The van der Waals surface area contributed by atoms with Crippen molar-refractivity contribution in [3.63, 3.8) is 0 Å². The minimum absolute atomic E-state index is 0.486. The second-order valence-electron chi connectivity index (χ2n) is 6.19. The zero-order valence-electron chi connectivity index (χ0n) is 12.8. The third kappa shape index (κ3) is 7.07. The third-order valence-corrected chi connectivity index (χ3v) is 4.35. The van der Waals surface area contributed by atoms with Crippen LogP contribution in [0.3, 0.4) is 0 Å². The van der Waals surface area contributed by atoms with Gasteiger partial charge in [-0.3, -0.25) is 0 Å². The topological polar surface area (TPSA) is 47.3 Å². The Hall–Kier alpha value is -0.410. The first kappa shape index (κ1) is 16.6. The van der Waals surface area contributed by atoms with Crippen molar-refractivity contribution >= 4 is 5.71 Å². The van der Waals surface area contributed by atoms with Crippen LogP contribution in [0.1, 0.15) is 64.7 Å². The molecule has 2 N–H and O–H groups in total. The van der Waals surface area contributed by atoms with Gasteiger partial charge < -0.3 is 15.4 Å². The number of likely N-dealkylation sites (tertiary alicyclic amines) is 1. The summed E-state index contributed by atoms with van der Waals surface area (Å²) in [4.78, 5) is 2.35. The average molecular weight is 268 g/mol. The lowest BCUT2D eigenvalue weighted by Gasteiger charge is -2.30. The quantitative estimate of drug-likeness (QED) is 0.497. The molecule has 1 saturated heterocycles. The van der Waals surface area contributed by atoms with E-state index in [1.165, 1.54) is 38.5 Å². The fourth-order valence-corrected chi connectivity index (χ4v) is 2.84.